The molecule has 12 rings (SSSR count). The van der Waals surface area contributed by atoms with E-state index in [0.717, 1.165) is 54.6 Å². The second-order valence-corrected chi connectivity index (χ2v) is 26.1. The first-order chi connectivity index (χ1) is 45.1. The van der Waals surface area contributed by atoms with Gasteiger partial charge in [0.2, 0.25) is 0 Å². The molecular formula is C78H76O11P2. The van der Waals surface area contributed by atoms with Crippen molar-refractivity contribution in [3.05, 3.63) is 337 Å². The summed E-state index contributed by atoms with van der Waals surface area (Å²) in [6.07, 6.45) is -9.07. The average molecular weight is 1250 g/mol. The zero-order valence-corrected chi connectivity index (χ0v) is 52.5. The van der Waals surface area contributed by atoms with Crippen LogP contribution in [-0.4, -0.2) is 74.6 Å². The second-order valence-electron chi connectivity index (χ2n) is 22.3. The zero-order valence-electron chi connectivity index (χ0n) is 50.7. The van der Waals surface area contributed by atoms with E-state index in [9.17, 15) is 0 Å². The summed E-state index contributed by atoms with van der Waals surface area (Å²) in [7, 11) is -2.72. The van der Waals surface area contributed by atoms with Crippen LogP contribution in [0.5, 0.6) is 0 Å². The van der Waals surface area contributed by atoms with Gasteiger partial charge in [-0.2, -0.15) is 0 Å². The Balaban J connectivity index is 0.975. The molecule has 2 aliphatic heterocycles. The molecule has 10 aromatic rings. The second kappa shape index (κ2) is 33.8. The van der Waals surface area contributed by atoms with Gasteiger partial charge < -0.3 is 51.7 Å². The lowest BCUT2D eigenvalue weighted by atomic mass is 9.96. The highest BCUT2D eigenvalue weighted by Crippen LogP contribution is 2.42. The summed E-state index contributed by atoms with van der Waals surface area (Å²) in [5, 5.41) is 4.19. The van der Waals surface area contributed by atoms with Gasteiger partial charge in [0.15, 0.2) is 12.6 Å². The molecule has 2 saturated heterocycles. The van der Waals surface area contributed by atoms with Crippen molar-refractivity contribution in [1.82, 2.24) is 0 Å². The fourth-order valence-corrected chi connectivity index (χ4v) is 14.8. The van der Waals surface area contributed by atoms with Crippen molar-refractivity contribution < 1.29 is 51.7 Å². The lowest BCUT2D eigenvalue weighted by Gasteiger charge is -2.50. The Morgan fingerprint density at radius 1 is 0.231 bits per heavy atom. The Kier molecular flexibility index (Phi) is 23.7. The van der Waals surface area contributed by atoms with Gasteiger partial charge in [-0.25, -0.2) is 0 Å². The quantitative estimate of drug-likeness (QED) is 0.0402. The summed E-state index contributed by atoms with van der Waals surface area (Å²) in [6.45, 7) is 1.51. The summed E-state index contributed by atoms with van der Waals surface area (Å²) in [4.78, 5) is 0. The Bertz CT molecular complexity index is 3300. The molecule has 0 N–H and O–H groups in total. The van der Waals surface area contributed by atoms with Crippen LogP contribution in [-0.2, 0) is 91.3 Å². The lowest BCUT2D eigenvalue weighted by Crippen LogP contribution is -2.66. The van der Waals surface area contributed by atoms with Gasteiger partial charge in [-0.3, -0.25) is 0 Å². The van der Waals surface area contributed by atoms with Crippen LogP contribution in [0, 0.1) is 0 Å². The molecule has 0 bridgehead atoms. The minimum Gasteiger partial charge on any atom is -0.368 e. The molecule has 2 fully saturated rings. The van der Waals surface area contributed by atoms with Crippen molar-refractivity contribution in [2.45, 2.75) is 101 Å². The van der Waals surface area contributed by atoms with E-state index in [0.29, 0.717) is 0 Å². The topological polar surface area (TPSA) is 102 Å². The van der Waals surface area contributed by atoms with Crippen LogP contribution in [0.1, 0.15) is 33.4 Å². The van der Waals surface area contributed by atoms with E-state index in [4.69, 9.17) is 51.7 Å². The summed E-state index contributed by atoms with van der Waals surface area (Å²) in [5.74, 6) is 0. The van der Waals surface area contributed by atoms with Gasteiger partial charge in [-0.05, 0) is 33.4 Å². The Morgan fingerprint density at radius 3 is 0.659 bits per heavy atom. The fourth-order valence-electron chi connectivity index (χ4n) is 11.3. The number of ether oxygens (including phenoxy) is 9. The molecule has 10 atom stereocenters. The first-order valence-corrected chi connectivity index (χ1v) is 33.6. The molecule has 0 saturated carbocycles. The van der Waals surface area contributed by atoms with Crippen molar-refractivity contribution in [3.63, 3.8) is 0 Å². The van der Waals surface area contributed by atoms with E-state index >= 15 is 0 Å². The summed E-state index contributed by atoms with van der Waals surface area (Å²) < 4.78 is 80.9. The molecule has 0 unspecified atom stereocenters. The van der Waals surface area contributed by atoms with Crippen molar-refractivity contribution in [2.24, 2.45) is 0 Å². The van der Waals surface area contributed by atoms with Crippen LogP contribution < -0.4 is 21.2 Å². The van der Waals surface area contributed by atoms with Crippen molar-refractivity contribution in [1.29, 1.82) is 0 Å². The molecule has 464 valence electrons. The van der Waals surface area contributed by atoms with Gasteiger partial charge in [0.1, 0.15) is 48.8 Å². The Hall–Kier alpha value is -7.38. The maximum Gasteiger partial charge on any atom is 0.190 e. The smallest absolute Gasteiger partial charge is 0.190 e. The van der Waals surface area contributed by atoms with E-state index in [2.05, 4.69) is 97.1 Å². The molecule has 10 aromatic carbocycles. The molecule has 2 heterocycles. The van der Waals surface area contributed by atoms with Gasteiger partial charge in [0.25, 0.3) is 0 Å². The van der Waals surface area contributed by atoms with E-state index in [1.54, 1.807) is 0 Å². The van der Waals surface area contributed by atoms with Gasteiger partial charge in [0.05, 0.1) is 69.2 Å². The van der Waals surface area contributed by atoms with E-state index < -0.39 is 77.7 Å². The maximum absolute atomic E-state index is 7.67. The average Bonchev–Trinajstić information content (AvgIpc) is 1.70. The Labute approximate surface area is 537 Å². The minimum atomic E-state index is -1.36. The molecule has 13 heteroatoms. The zero-order chi connectivity index (χ0) is 61.5. The first-order valence-electron chi connectivity index (χ1n) is 31.1. The van der Waals surface area contributed by atoms with E-state index in [1.165, 1.54) is 0 Å². The predicted octanol–water partition coefficient (Wildman–Crippen LogP) is 14.1. The molecule has 0 aliphatic carbocycles. The molecular weight excluding hydrogens is 1170 g/mol. The number of benzene rings is 10. The van der Waals surface area contributed by atoms with Crippen molar-refractivity contribution in [2.75, 3.05) is 13.2 Å². The summed E-state index contributed by atoms with van der Waals surface area (Å²) in [6, 6.07) is 102. The number of hydrogen-bond donors (Lipinski definition) is 0. The molecule has 0 aromatic heterocycles. The standard InChI is InChI=1S/C78H76O11P2/c1-11-31-59(32-12-1)51-79-71-69(57-85-90(65-43-23-7-24-44-65)66-45-25-8-26-46-66)87-77(75(83-55-63-39-19-5-20-40-63)73(71)81-53-61-35-15-3-16-36-61)89-78-76(84-56-64-41-21-6-22-42-64)74(82-54-62-37-17-4-18-38-62)72(80-52-60-33-13-2-14-34-60)70(88-78)58-86-91(67-47-27-9-28-48-67)68-49-29-10-30-50-68/h1-50,69-78H,51-58H2/t69-,70-,71-,72-,73+,74+,75-,76-,77-,78-/m1/s1. The van der Waals surface area contributed by atoms with Gasteiger partial charge in [0, 0.05) is 21.2 Å². The molecule has 2 aliphatic rings. The van der Waals surface area contributed by atoms with Crippen molar-refractivity contribution in [3.8, 4) is 0 Å². The number of hydrogen-bond acceptors (Lipinski definition) is 11. The summed E-state index contributed by atoms with van der Waals surface area (Å²) in [5.41, 5.74) is 5.80. The maximum atomic E-state index is 7.67. The summed E-state index contributed by atoms with van der Waals surface area (Å²) >= 11 is 0. The van der Waals surface area contributed by atoms with Crippen LogP contribution in [0.3, 0.4) is 0 Å². The third kappa shape index (κ3) is 18.0. The van der Waals surface area contributed by atoms with Gasteiger partial charge in [-0.15, -0.1) is 0 Å². The van der Waals surface area contributed by atoms with Crippen LogP contribution in [0.25, 0.3) is 0 Å². The first kappa shape index (κ1) is 63.8. The van der Waals surface area contributed by atoms with Crippen LogP contribution in [0.4, 0.5) is 0 Å². The third-order valence-corrected chi connectivity index (χ3v) is 19.7. The van der Waals surface area contributed by atoms with Crippen molar-refractivity contribution >= 4 is 37.5 Å². The Morgan fingerprint density at radius 2 is 0.429 bits per heavy atom. The third-order valence-electron chi connectivity index (χ3n) is 15.9. The molecule has 0 amide bonds. The lowest BCUT2D eigenvalue weighted by molar-refractivity contribution is -0.393. The molecule has 0 radical (unpaired) electrons. The van der Waals surface area contributed by atoms with E-state index in [-0.39, 0.29) is 52.9 Å². The van der Waals surface area contributed by atoms with Gasteiger partial charge in [-0.1, -0.05) is 303 Å². The highest BCUT2D eigenvalue weighted by molar-refractivity contribution is 7.68. The van der Waals surface area contributed by atoms with Crippen LogP contribution >= 0.6 is 16.3 Å². The molecule has 11 nitrogen and oxygen atoms in total. The number of rotatable bonds is 30. The minimum absolute atomic E-state index is 0.0854. The van der Waals surface area contributed by atoms with E-state index in [1.807, 2.05) is 206 Å². The molecule has 91 heavy (non-hydrogen) atoms. The van der Waals surface area contributed by atoms with Gasteiger partial charge >= 0.3 is 0 Å². The van der Waals surface area contributed by atoms with Crippen LogP contribution in [0.2, 0.25) is 0 Å². The monoisotopic (exact) mass is 1250 g/mol. The highest BCUT2D eigenvalue weighted by Gasteiger charge is 2.55. The predicted molar refractivity (Wildman–Crippen MR) is 359 cm³/mol. The SMILES string of the molecule is c1ccc(CO[C@@H]2[C@@H](OCc3ccccc3)[C@@H](O[C@H]3O[C@H](COP(c4ccccc4)c4ccccc4)[C@@H](OCc4ccccc4)[C@H](OCc4ccccc4)[C@H]3OCc3ccccc3)O[C@H](COP(c3ccccc3)c3ccccc3)[C@H]2OCc2ccccc2)cc1. The normalized spacial score (nSPS) is 21.6. The highest BCUT2D eigenvalue weighted by atomic mass is 31.1. The fraction of sp³-hybridized carbons (Fsp3) is 0.231. The largest absolute Gasteiger partial charge is 0.368 e. The molecule has 0 spiro atoms. The van der Waals surface area contributed by atoms with Crippen LogP contribution in [0.15, 0.2) is 303 Å².